The molecule has 1 saturated carbocycles. The van der Waals surface area contributed by atoms with Crippen LogP contribution in [-0.4, -0.2) is 33.4 Å². The van der Waals surface area contributed by atoms with Crippen LogP contribution in [0.2, 0.25) is 0 Å². The molecule has 0 spiro atoms. The Morgan fingerprint density at radius 1 is 1.38 bits per heavy atom. The molecule has 7 heteroatoms. The van der Waals surface area contributed by atoms with Crippen molar-refractivity contribution in [3.05, 3.63) is 26.2 Å². The van der Waals surface area contributed by atoms with Gasteiger partial charge in [0, 0.05) is 6.04 Å². The number of thioether (sulfide) groups is 1. The Labute approximate surface area is 164 Å². The molecule has 0 bridgehead atoms. The highest BCUT2D eigenvalue weighted by Crippen LogP contribution is 2.39. The molecule has 1 N–H and O–H groups in total. The summed E-state index contributed by atoms with van der Waals surface area (Å²) in [5, 5.41) is 9.93. The van der Waals surface area contributed by atoms with Crippen LogP contribution in [0, 0.1) is 3.57 Å². The summed E-state index contributed by atoms with van der Waals surface area (Å²) in [4.78, 5) is 15.2. The van der Waals surface area contributed by atoms with Gasteiger partial charge in [-0.2, -0.15) is 0 Å². The Morgan fingerprint density at radius 2 is 2.08 bits per heavy atom. The Morgan fingerprint density at radius 3 is 2.75 bits per heavy atom. The van der Waals surface area contributed by atoms with Gasteiger partial charge in [0.2, 0.25) is 0 Å². The first-order chi connectivity index (χ1) is 11.5. The summed E-state index contributed by atoms with van der Waals surface area (Å²) in [7, 11) is 1.51. The summed E-state index contributed by atoms with van der Waals surface area (Å²) < 4.78 is 6.52. The van der Waals surface area contributed by atoms with Crippen LogP contribution in [0.25, 0.3) is 6.08 Å². The lowest BCUT2D eigenvalue weighted by atomic mass is 9.94. The highest BCUT2D eigenvalue weighted by atomic mass is 127. The molecule has 1 heterocycles. The van der Waals surface area contributed by atoms with Crippen molar-refractivity contribution in [1.29, 1.82) is 0 Å². The van der Waals surface area contributed by atoms with Crippen molar-refractivity contribution in [1.82, 2.24) is 4.90 Å². The summed E-state index contributed by atoms with van der Waals surface area (Å²) in [5.74, 6) is 0.514. The Balaban J connectivity index is 1.87. The third-order valence-electron chi connectivity index (χ3n) is 4.33. The first kappa shape index (κ1) is 18.0. The summed E-state index contributed by atoms with van der Waals surface area (Å²) in [6.07, 6.45) is 7.46. The minimum Gasteiger partial charge on any atom is -0.504 e. The van der Waals surface area contributed by atoms with E-state index in [0.29, 0.717) is 18.5 Å². The fourth-order valence-electron chi connectivity index (χ4n) is 3.12. The molecule has 2 fully saturated rings. The maximum Gasteiger partial charge on any atom is 0.266 e. The largest absolute Gasteiger partial charge is 0.504 e. The van der Waals surface area contributed by atoms with E-state index in [0.717, 1.165) is 31.2 Å². The lowest BCUT2D eigenvalue weighted by Gasteiger charge is -2.29. The van der Waals surface area contributed by atoms with Gasteiger partial charge < -0.3 is 9.84 Å². The van der Waals surface area contributed by atoms with Gasteiger partial charge in [0.1, 0.15) is 4.32 Å². The molecule has 128 valence electrons. The van der Waals surface area contributed by atoms with Crippen LogP contribution in [-0.2, 0) is 4.79 Å². The molecule has 1 saturated heterocycles. The lowest BCUT2D eigenvalue weighted by Crippen LogP contribution is -2.39. The van der Waals surface area contributed by atoms with Gasteiger partial charge in [0.15, 0.2) is 11.5 Å². The van der Waals surface area contributed by atoms with Crippen molar-refractivity contribution in [2.45, 2.75) is 38.1 Å². The standard InChI is InChI=1S/C17H18INO3S2/c1-22-13-8-10(7-12(18)15(13)20)9-14-16(21)19(17(23)24-14)11-5-3-2-4-6-11/h7-9,11,20H,2-6H2,1H3/b14-9-. The van der Waals surface area contributed by atoms with E-state index in [2.05, 4.69) is 0 Å². The van der Waals surface area contributed by atoms with Crippen LogP contribution < -0.4 is 4.74 Å². The highest BCUT2D eigenvalue weighted by molar-refractivity contribution is 14.1. The molecular formula is C17H18INO3S2. The molecule has 1 aromatic rings. The number of aromatic hydroxyl groups is 1. The van der Waals surface area contributed by atoms with Gasteiger partial charge >= 0.3 is 0 Å². The monoisotopic (exact) mass is 475 g/mol. The molecule has 1 amide bonds. The van der Waals surface area contributed by atoms with Crippen LogP contribution in [0.5, 0.6) is 11.5 Å². The van der Waals surface area contributed by atoms with Crippen molar-refractivity contribution < 1.29 is 14.6 Å². The Hall–Kier alpha value is -0.800. The molecule has 4 nitrogen and oxygen atoms in total. The maximum atomic E-state index is 12.8. The SMILES string of the molecule is COc1cc(/C=C2\SC(=S)N(C3CCCCC3)C2=O)cc(I)c1O. The number of benzene rings is 1. The maximum absolute atomic E-state index is 12.8. The van der Waals surface area contributed by atoms with Gasteiger partial charge in [-0.3, -0.25) is 9.69 Å². The molecule has 1 aromatic carbocycles. The summed E-state index contributed by atoms with van der Waals surface area (Å²) in [6, 6.07) is 3.79. The van der Waals surface area contributed by atoms with Crippen molar-refractivity contribution >= 4 is 62.9 Å². The minimum atomic E-state index is -0.000972. The number of amides is 1. The van der Waals surface area contributed by atoms with Crippen LogP contribution in [0.4, 0.5) is 0 Å². The average Bonchev–Trinajstić information content (AvgIpc) is 2.85. The minimum absolute atomic E-state index is 0.000972. The first-order valence-corrected chi connectivity index (χ1v) is 10.1. The molecular weight excluding hydrogens is 457 g/mol. The molecule has 2 aliphatic rings. The van der Waals surface area contributed by atoms with Gasteiger partial charge in [0.05, 0.1) is 15.6 Å². The number of nitrogens with zero attached hydrogens (tertiary/aromatic N) is 1. The second-order valence-corrected chi connectivity index (χ2v) is 8.74. The normalized spacial score (nSPS) is 20.9. The molecule has 24 heavy (non-hydrogen) atoms. The van der Waals surface area contributed by atoms with Gasteiger partial charge in [-0.25, -0.2) is 0 Å². The van der Waals surface area contributed by atoms with E-state index < -0.39 is 0 Å². The predicted octanol–water partition coefficient (Wildman–Crippen LogP) is 4.54. The van der Waals surface area contributed by atoms with E-state index in [1.54, 1.807) is 11.0 Å². The quantitative estimate of drug-likeness (QED) is 0.395. The zero-order valence-electron chi connectivity index (χ0n) is 13.3. The number of rotatable bonds is 3. The number of halogens is 1. The molecule has 0 atom stereocenters. The second kappa shape index (κ2) is 7.61. The van der Waals surface area contributed by atoms with Crippen molar-refractivity contribution in [3.8, 4) is 11.5 Å². The Kier molecular flexibility index (Phi) is 5.71. The lowest BCUT2D eigenvalue weighted by molar-refractivity contribution is -0.124. The first-order valence-electron chi connectivity index (χ1n) is 7.85. The van der Waals surface area contributed by atoms with Gasteiger partial charge in [-0.05, 0) is 59.2 Å². The number of methoxy groups -OCH3 is 1. The average molecular weight is 475 g/mol. The van der Waals surface area contributed by atoms with Gasteiger partial charge in [-0.15, -0.1) is 0 Å². The molecule has 0 aromatic heterocycles. The summed E-state index contributed by atoms with van der Waals surface area (Å²) >= 11 is 8.85. The van der Waals surface area contributed by atoms with Crippen molar-refractivity contribution in [2.75, 3.05) is 7.11 Å². The molecule has 1 aliphatic carbocycles. The van der Waals surface area contributed by atoms with E-state index in [9.17, 15) is 9.90 Å². The van der Waals surface area contributed by atoms with E-state index >= 15 is 0 Å². The summed E-state index contributed by atoms with van der Waals surface area (Å²) in [5.41, 5.74) is 0.818. The van der Waals surface area contributed by atoms with E-state index in [-0.39, 0.29) is 17.7 Å². The smallest absolute Gasteiger partial charge is 0.266 e. The van der Waals surface area contributed by atoms with E-state index in [1.807, 2.05) is 34.7 Å². The predicted molar refractivity (Wildman–Crippen MR) is 109 cm³/mol. The zero-order valence-corrected chi connectivity index (χ0v) is 17.0. The van der Waals surface area contributed by atoms with Crippen LogP contribution in [0.15, 0.2) is 17.0 Å². The van der Waals surface area contributed by atoms with E-state index in [4.69, 9.17) is 17.0 Å². The molecule has 0 unspecified atom stereocenters. The number of phenolic OH excluding ortho intramolecular Hbond substituents is 1. The number of carbonyl (C=O) groups excluding carboxylic acids is 1. The number of hydrogen-bond acceptors (Lipinski definition) is 5. The van der Waals surface area contributed by atoms with Crippen LogP contribution in [0.1, 0.15) is 37.7 Å². The molecule has 1 aliphatic heterocycles. The van der Waals surface area contributed by atoms with Crippen molar-refractivity contribution in [2.24, 2.45) is 0 Å². The third-order valence-corrected chi connectivity index (χ3v) is 6.48. The van der Waals surface area contributed by atoms with Crippen LogP contribution >= 0.6 is 46.6 Å². The van der Waals surface area contributed by atoms with E-state index in [1.165, 1.54) is 25.3 Å². The van der Waals surface area contributed by atoms with Gasteiger partial charge in [-0.1, -0.05) is 43.2 Å². The number of phenols is 1. The molecule has 0 radical (unpaired) electrons. The third kappa shape index (κ3) is 3.57. The molecule has 3 rings (SSSR count). The number of ether oxygens (including phenoxy) is 1. The fourth-order valence-corrected chi connectivity index (χ4v) is 5.14. The zero-order chi connectivity index (χ0) is 17.3. The van der Waals surface area contributed by atoms with Gasteiger partial charge in [0.25, 0.3) is 5.91 Å². The number of hydrogen-bond donors (Lipinski definition) is 1. The number of carbonyl (C=O) groups is 1. The van der Waals surface area contributed by atoms with Crippen molar-refractivity contribution in [3.63, 3.8) is 0 Å². The number of thiocarbonyl (C=S) groups is 1. The second-order valence-electron chi connectivity index (χ2n) is 5.90. The highest BCUT2D eigenvalue weighted by Gasteiger charge is 2.37. The topological polar surface area (TPSA) is 49.8 Å². The summed E-state index contributed by atoms with van der Waals surface area (Å²) in [6.45, 7) is 0. The van der Waals surface area contributed by atoms with Crippen LogP contribution in [0.3, 0.4) is 0 Å². The fraction of sp³-hybridized carbons (Fsp3) is 0.412. The Bertz CT molecular complexity index is 714.